The fourth-order valence-corrected chi connectivity index (χ4v) is 7.02. The molecule has 0 radical (unpaired) electrons. The molecular weight excluding hydrogens is 774 g/mol. The van der Waals surface area contributed by atoms with Crippen LogP contribution in [0.1, 0.15) is 108 Å². The van der Waals surface area contributed by atoms with Gasteiger partial charge in [-0.3, -0.25) is 14.9 Å². The van der Waals surface area contributed by atoms with Crippen LogP contribution in [0.15, 0.2) is 60.8 Å². The predicted octanol–water partition coefficient (Wildman–Crippen LogP) is 9.50. The number of benzene rings is 3. The van der Waals surface area contributed by atoms with Crippen molar-refractivity contribution in [2.75, 3.05) is 36.3 Å². The zero-order valence-corrected chi connectivity index (χ0v) is 36.0. The van der Waals surface area contributed by atoms with E-state index in [1.165, 1.54) is 24.1 Å². The zero-order chi connectivity index (χ0) is 44.3. The highest BCUT2D eigenvalue weighted by atomic mass is 19.1. The molecule has 0 unspecified atom stereocenters. The number of ether oxygens (including phenoxy) is 4. The summed E-state index contributed by atoms with van der Waals surface area (Å²) in [5.74, 6) is -2.61. The van der Waals surface area contributed by atoms with Gasteiger partial charge >= 0.3 is 24.2 Å². The molecule has 0 spiro atoms. The van der Waals surface area contributed by atoms with Gasteiger partial charge < -0.3 is 29.2 Å². The molecule has 4 aromatic rings. The van der Waals surface area contributed by atoms with Gasteiger partial charge in [-0.2, -0.15) is 4.90 Å². The average molecular weight is 828 g/mol. The number of nitrogens with zero attached hydrogens (tertiary/aromatic N) is 3. The predicted molar refractivity (Wildman–Crippen MR) is 226 cm³/mol. The number of aromatic nitrogens is 1. The molecule has 2 N–H and O–H groups in total. The number of halogens is 1. The highest BCUT2D eigenvalue weighted by molar-refractivity contribution is 6.14. The summed E-state index contributed by atoms with van der Waals surface area (Å²) in [6, 6.07) is 14.2. The van der Waals surface area contributed by atoms with Crippen molar-refractivity contribution < 1.29 is 47.3 Å². The summed E-state index contributed by atoms with van der Waals surface area (Å²) in [6.07, 6.45) is -1.46. The van der Waals surface area contributed by atoms with Crippen LogP contribution in [0.4, 0.5) is 36.0 Å². The molecule has 1 aromatic heterocycles. The summed E-state index contributed by atoms with van der Waals surface area (Å²) in [5.41, 5.74) is 2.35. The maximum absolute atomic E-state index is 15.8. The number of aryl methyl sites for hydroxylation is 1. The van der Waals surface area contributed by atoms with Crippen LogP contribution in [-0.2, 0) is 35.1 Å². The van der Waals surface area contributed by atoms with E-state index < -0.39 is 53.2 Å². The van der Waals surface area contributed by atoms with E-state index in [-0.39, 0.29) is 41.6 Å². The number of anilines is 3. The van der Waals surface area contributed by atoms with Gasteiger partial charge in [-0.05, 0) is 113 Å². The fourth-order valence-electron chi connectivity index (χ4n) is 7.02. The van der Waals surface area contributed by atoms with E-state index in [0.29, 0.717) is 39.4 Å². The van der Waals surface area contributed by atoms with Crippen molar-refractivity contribution >= 4 is 58.1 Å². The molecule has 60 heavy (non-hydrogen) atoms. The lowest BCUT2D eigenvalue weighted by atomic mass is 9.91. The van der Waals surface area contributed by atoms with Crippen LogP contribution in [0, 0.1) is 12.7 Å². The summed E-state index contributed by atoms with van der Waals surface area (Å²) in [4.78, 5) is 73.8. The Bertz CT molecular complexity index is 2270. The zero-order valence-electron chi connectivity index (χ0n) is 36.0. The molecule has 3 heterocycles. The molecule has 0 saturated heterocycles. The van der Waals surface area contributed by atoms with E-state index >= 15 is 4.39 Å². The summed E-state index contributed by atoms with van der Waals surface area (Å²) in [7, 11) is 2.94. The van der Waals surface area contributed by atoms with Gasteiger partial charge in [-0.15, -0.1) is 0 Å². The van der Waals surface area contributed by atoms with E-state index in [1.54, 1.807) is 72.9 Å². The third-order valence-electron chi connectivity index (χ3n) is 9.80. The molecule has 3 aromatic carbocycles. The molecule has 0 fully saturated rings. The van der Waals surface area contributed by atoms with Crippen LogP contribution >= 0.6 is 0 Å². The Kier molecular flexibility index (Phi) is 13.4. The third kappa shape index (κ3) is 10.5. The summed E-state index contributed by atoms with van der Waals surface area (Å²) >= 11 is 0. The van der Waals surface area contributed by atoms with Crippen LogP contribution < -0.4 is 15.5 Å². The van der Waals surface area contributed by atoms with E-state index in [4.69, 9.17) is 18.9 Å². The number of imide groups is 1. The van der Waals surface area contributed by atoms with Gasteiger partial charge in [0.2, 0.25) is 5.91 Å². The number of hydrogen-bond donors (Lipinski definition) is 2. The van der Waals surface area contributed by atoms with Gasteiger partial charge in [-0.1, -0.05) is 38.1 Å². The Morgan fingerprint density at radius 1 is 0.983 bits per heavy atom. The van der Waals surface area contributed by atoms with Crippen LogP contribution in [0.25, 0.3) is 10.8 Å². The second-order valence-corrected chi connectivity index (χ2v) is 16.9. The number of fused-ring (bicyclic) bond motifs is 10. The third-order valence-corrected chi connectivity index (χ3v) is 9.80. The first-order valence-electron chi connectivity index (χ1n) is 19.7. The highest BCUT2D eigenvalue weighted by Crippen LogP contribution is 2.35. The van der Waals surface area contributed by atoms with Crippen molar-refractivity contribution in [3.63, 3.8) is 0 Å². The molecule has 14 nitrogen and oxygen atoms in total. The molecule has 6 rings (SSSR count). The van der Waals surface area contributed by atoms with E-state index in [2.05, 4.69) is 15.6 Å². The minimum Gasteiger partial charge on any atom is -0.469 e. The maximum Gasteiger partial charge on any atom is 0.425 e. The Hall–Kier alpha value is -6.25. The molecule has 4 bridgehead atoms. The van der Waals surface area contributed by atoms with Gasteiger partial charge in [0, 0.05) is 41.7 Å². The number of hydrogen-bond acceptors (Lipinski definition) is 11. The lowest BCUT2D eigenvalue weighted by molar-refractivity contribution is -0.142. The molecule has 3 atom stereocenters. The molecule has 4 amide bonds. The van der Waals surface area contributed by atoms with Crippen LogP contribution in [0.2, 0.25) is 0 Å². The number of pyridine rings is 1. The van der Waals surface area contributed by atoms with Crippen molar-refractivity contribution in [3.8, 4) is 0 Å². The Morgan fingerprint density at radius 3 is 2.25 bits per heavy atom. The van der Waals surface area contributed by atoms with Gasteiger partial charge in [0.1, 0.15) is 23.1 Å². The largest absolute Gasteiger partial charge is 0.469 e. The number of methoxy groups -OCH3 is 1. The lowest BCUT2D eigenvalue weighted by Gasteiger charge is -2.29. The van der Waals surface area contributed by atoms with E-state index in [0.717, 1.165) is 17.3 Å². The molecule has 320 valence electrons. The standard InChI is InChI=1S/C45H54FN5O9/c1-12-31(40(53)57-11)33-17-14-29-20-28(33)23-50(10)39(52)37(27-13-16-32(25(2)19-27)26(3)24-58-41(54)49-29)48-30-15-18-34-35(21-30)36(46)22-47-38(34)51(42(55)59-44(4,5)6)43(56)60-45(7,8)9/h13-22,26,31,37,48H,12,23-24H2,1-11H3,(H,49,54)/t26-,31+,37+/m0/s1. The number of amides is 4. The molecular formula is C45H54FN5O9. The molecule has 2 aliphatic heterocycles. The number of carbonyl (C=O) groups is 5. The Balaban J connectivity index is 1.61. The first-order valence-corrected chi connectivity index (χ1v) is 19.7. The molecule has 2 aliphatic rings. The Morgan fingerprint density at radius 2 is 1.65 bits per heavy atom. The average Bonchev–Trinajstić information content (AvgIpc) is 3.16. The Labute approximate surface area is 349 Å². The van der Waals surface area contributed by atoms with Crippen molar-refractivity contribution in [2.24, 2.45) is 0 Å². The number of esters is 1. The molecule has 15 heteroatoms. The van der Waals surface area contributed by atoms with Crippen molar-refractivity contribution in [1.82, 2.24) is 9.88 Å². The van der Waals surface area contributed by atoms with E-state index in [9.17, 15) is 24.0 Å². The summed E-state index contributed by atoms with van der Waals surface area (Å²) in [5, 5.41) is 6.17. The van der Waals surface area contributed by atoms with Crippen LogP contribution in [-0.4, -0.2) is 72.0 Å². The normalized spacial score (nSPS) is 16.7. The van der Waals surface area contributed by atoms with Gasteiger partial charge in [0.15, 0.2) is 5.82 Å². The number of likely N-dealkylation sites (N-methyl/N-ethyl adjacent to an activating group) is 1. The van der Waals surface area contributed by atoms with Gasteiger partial charge in [-0.25, -0.2) is 23.8 Å². The van der Waals surface area contributed by atoms with Crippen molar-refractivity contribution in [2.45, 2.75) is 104 Å². The molecule has 0 aliphatic carbocycles. The minimum atomic E-state index is -1.06. The van der Waals surface area contributed by atoms with Gasteiger partial charge in [0.05, 0.1) is 25.8 Å². The molecule has 0 saturated carbocycles. The van der Waals surface area contributed by atoms with Crippen LogP contribution in [0.5, 0.6) is 0 Å². The second-order valence-electron chi connectivity index (χ2n) is 16.9. The monoisotopic (exact) mass is 827 g/mol. The first-order chi connectivity index (χ1) is 28.1. The SMILES string of the molecule is CC[C@@H](C(=O)OC)c1ccc2cc1CN(C)C(=O)[C@H](Nc1ccc3c(N(C(=O)OC(C)(C)C)C(=O)OC(C)(C)C)ncc(F)c3c1)c1ccc(c(C)c1)[C@@H](C)COC(=O)N2. The van der Waals surface area contributed by atoms with E-state index in [1.807, 2.05) is 39.0 Å². The number of carbonyl (C=O) groups excluding carboxylic acids is 5. The second kappa shape index (κ2) is 17.9. The fraction of sp³-hybridized carbons (Fsp3) is 0.422. The smallest absolute Gasteiger partial charge is 0.425 e. The quantitative estimate of drug-likeness (QED) is 0.140. The topological polar surface area (TPSA) is 166 Å². The lowest BCUT2D eigenvalue weighted by Crippen LogP contribution is -2.44. The maximum atomic E-state index is 15.8. The number of rotatable bonds is 6. The van der Waals surface area contributed by atoms with Crippen molar-refractivity contribution in [1.29, 1.82) is 0 Å². The first kappa shape index (κ1) is 44.8. The van der Waals surface area contributed by atoms with Crippen molar-refractivity contribution in [3.05, 3.63) is 94.4 Å². The number of nitrogens with one attached hydrogen (secondary N) is 2. The summed E-state index contributed by atoms with van der Waals surface area (Å²) in [6.45, 7) is 15.7. The van der Waals surface area contributed by atoms with Crippen LogP contribution in [0.3, 0.4) is 0 Å². The van der Waals surface area contributed by atoms with Gasteiger partial charge in [0.25, 0.3) is 0 Å². The summed E-state index contributed by atoms with van der Waals surface area (Å²) < 4.78 is 37.6. The minimum absolute atomic E-state index is 0.00611. The highest BCUT2D eigenvalue weighted by Gasteiger charge is 2.35.